The first-order valence-electron chi connectivity index (χ1n) is 8.02. The van der Waals surface area contributed by atoms with Crippen LogP contribution in [0.25, 0.3) is 0 Å². The van der Waals surface area contributed by atoms with Crippen LogP contribution in [0.5, 0.6) is 0 Å². The number of hydrogen-bond donors (Lipinski definition) is 0. The van der Waals surface area contributed by atoms with E-state index in [9.17, 15) is 0 Å². The fraction of sp³-hybridized carbons (Fsp3) is 0.222. The van der Waals surface area contributed by atoms with Crippen LogP contribution in [0, 0.1) is 0 Å². The summed E-state index contributed by atoms with van der Waals surface area (Å²) in [5, 5.41) is 14.7. The molecule has 0 amide bonds. The van der Waals surface area contributed by atoms with Gasteiger partial charge in [-0.25, -0.2) is 0 Å². The van der Waals surface area contributed by atoms with Gasteiger partial charge < -0.3 is 0 Å². The summed E-state index contributed by atoms with van der Waals surface area (Å²) in [5.41, 5.74) is 2.12. The lowest BCUT2D eigenvalue weighted by Gasteiger charge is -2.04. The largest absolute Gasteiger partial charge is 0.264 e. The van der Waals surface area contributed by atoms with Gasteiger partial charge in [0.25, 0.3) is 0 Å². The molecule has 5 nitrogen and oxygen atoms in total. The molecule has 1 aromatic carbocycles. The van der Waals surface area contributed by atoms with E-state index in [1.54, 1.807) is 30.4 Å². The first-order chi connectivity index (χ1) is 12.3. The molecule has 0 saturated carbocycles. The standard InChI is InChI=1S/C18H18ClN5S/c1-2-4-17-22-23-18(25-13-14-6-8-16(19)9-7-14)24(17)21-12-15-5-3-10-20-11-15/h3,5-12H,2,4,13H2,1H3/b21-12-. The third-order valence-electron chi connectivity index (χ3n) is 3.44. The van der Waals surface area contributed by atoms with E-state index in [0.717, 1.165) is 40.2 Å². The topological polar surface area (TPSA) is 56.0 Å². The van der Waals surface area contributed by atoms with E-state index in [4.69, 9.17) is 11.6 Å². The molecule has 128 valence electrons. The van der Waals surface area contributed by atoms with Crippen LogP contribution < -0.4 is 0 Å². The van der Waals surface area contributed by atoms with Gasteiger partial charge in [0.1, 0.15) is 0 Å². The smallest absolute Gasteiger partial charge is 0.212 e. The molecule has 3 rings (SSSR count). The molecule has 3 aromatic rings. The molecule has 0 saturated heterocycles. The number of pyridine rings is 1. The van der Waals surface area contributed by atoms with Gasteiger partial charge in [-0.2, -0.15) is 9.78 Å². The Morgan fingerprint density at radius 3 is 2.76 bits per heavy atom. The highest BCUT2D eigenvalue weighted by Crippen LogP contribution is 2.23. The molecule has 0 bridgehead atoms. The van der Waals surface area contributed by atoms with Gasteiger partial charge >= 0.3 is 0 Å². The van der Waals surface area contributed by atoms with E-state index in [-0.39, 0.29) is 0 Å². The molecule has 0 aliphatic carbocycles. The molecule has 7 heteroatoms. The van der Waals surface area contributed by atoms with Crippen molar-refractivity contribution in [1.82, 2.24) is 19.9 Å². The minimum Gasteiger partial charge on any atom is -0.264 e. The lowest BCUT2D eigenvalue weighted by Crippen LogP contribution is -2.00. The van der Waals surface area contributed by atoms with Gasteiger partial charge in [0, 0.05) is 35.2 Å². The lowest BCUT2D eigenvalue weighted by molar-refractivity contribution is 0.700. The van der Waals surface area contributed by atoms with Gasteiger partial charge in [-0.15, -0.1) is 10.2 Å². The summed E-state index contributed by atoms with van der Waals surface area (Å²) in [5.74, 6) is 1.64. The molecular weight excluding hydrogens is 354 g/mol. The molecule has 0 aliphatic rings. The Morgan fingerprint density at radius 2 is 2.04 bits per heavy atom. The quantitative estimate of drug-likeness (QED) is 0.454. The van der Waals surface area contributed by atoms with E-state index in [1.165, 1.54) is 5.56 Å². The van der Waals surface area contributed by atoms with Crippen LogP contribution in [-0.2, 0) is 12.2 Å². The number of thioether (sulfide) groups is 1. The SMILES string of the molecule is CCCc1nnc(SCc2ccc(Cl)cc2)n1/N=C\c1cccnc1. The van der Waals surface area contributed by atoms with Gasteiger partial charge in [0.2, 0.25) is 5.16 Å². The Morgan fingerprint density at radius 1 is 1.20 bits per heavy atom. The minimum absolute atomic E-state index is 0.739. The molecule has 0 fully saturated rings. The summed E-state index contributed by atoms with van der Waals surface area (Å²) in [6.07, 6.45) is 7.11. The first kappa shape index (κ1) is 17.6. The summed E-state index contributed by atoms with van der Waals surface area (Å²) < 4.78 is 1.82. The van der Waals surface area contributed by atoms with Crippen LogP contribution in [0.3, 0.4) is 0 Å². The van der Waals surface area contributed by atoms with Gasteiger partial charge in [-0.1, -0.05) is 48.5 Å². The highest BCUT2D eigenvalue weighted by molar-refractivity contribution is 7.98. The average Bonchev–Trinajstić information content (AvgIpc) is 3.02. The van der Waals surface area contributed by atoms with Crippen molar-refractivity contribution in [3.63, 3.8) is 0 Å². The number of benzene rings is 1. The van der Waals surface area contributed by atoms with Crippen molar-refractivity contribution in [1.29, 1.82) is 0 Å². The van der Waals surface area contributed by atoms with Crippen LogP contribution in [-0.4, -0.2) is 26.1 Å². The zero-order valence-electron chi connectivity index (χ0n) is 13.8. The summed E-state index contributed by atoms with van der Waals surface area (Å²) in [4.78, 5) is 4.10. The summed E-state index contributed by atoms with van der Waals surface area (Å²) in [6.45, 7) is 2.12. The molecule has 25 heavy (non-hydrogen) atoms. The Bertz CT molecular complexity index is 830. The number of aryl methyl sites for hydroxylation is 1. The van der Waals surface area contributed by atoms with Crippen LogP contribution >= 0.6 is 23.4 Å². The van der Waals surface area contributed by atoms with E-state index in [1.807, 2.05) is 41.1 Å². The van der Waals surface area contributed by atoms with E-state index in [2.05, 4.69) is 27.2 Å². The molecule has 2 heterocycles. The van der Waals surface area contributed by atoms with Crippen LogP contribution in [0.2, 0.25) is 5.02 Å². The number of hydrogen-bond acceptors (Lipinski definition) is 5. The van der Waals surface area contributed by atoms with Crippen molar-refractivity contribution in [2.24, 2.45) is 5.10 Å². The average molecular weight is 372 g/mol. The van der Waals surface area contributed by atoms with Gasteiger partial charge in [-0.3, -0.25) is 4.98 Å². The monoisotopic (exact) mass is 371 g/mol. The van der Waals surface area contributed by atoms with Gasteiger partial charge in [-0.05, 0) is 30.2 Å². The number of rotatable bonds is 7. The second-order valence-corrected chi connectivity index (χ2v) is 6.79. The van der Waals surface area contributed by atoms with Crippen molar-refractivity contribution < 1.29 is 0 Å². The molecule has 0 radical (unpaired) electrons. The summed E-state index contributed by atoms with van der Waals surface area (Å²) >= 11 is 7.54. The number of nitrogens with zero attached hydrogens (tertiary/aromatic N) is 5. The third-order valence-corrected chi connectivity index (χ3v) is 4.68. The maximum atomic E-state index is 5.93. The van der Waals surface area contributed by atoms with Crippen LogP contribution in [0.4, 0.5) is 0 Å². The first-order valence-corrected chi connectivity index (χ1v) is 9.38. The molecule has 0 atom stereocenters. The highest BCUT2D eigenvalue weighted by Gasteiger charge is 2.11. The van der Waals surface area contributed by atoms with Crippen molar-refractivity contribution in [3.05, 3.63) is 70.8 Å². The second kappa shape index (κ2) is 8.78. The van der Waals surface area contributed by atoms with E-state index < -0.39 is 0 Å². The Balaban J connectivity index is 1.78. The second-order valence-electron chi connectivity index (χ2n) is 5.41. The third kappa shape index (κ3) is 4.90. The Hall–Kier alpha value is -2.18. The number of halogens is 1. The van der Waals surface area contributed by atoms with Crippen LogP contribution in [0.15, 0.2) is 59.0 Å². The zero-order valence-corrected chi connectivity index (χ0v) is 15.4. The predicted molar refractivity (Wildman–Crippen MR) is 102 cm³/mol. The van der Waals surface area contributed by atoms with E-state index >= 15 is 0 Å². The Kier molecular flexibility index (Phi) is 6.19. The molecule has 0 N–H and O–H groups in total. The number of aromatic nitrogens is 4. The highest BCUT2D eigenvalue weighted by atomic mass is 35.5. The fourth-order valence-electron chi connectivity index (χ4n) is 2.19. The maximum absolute atomic E-state index is 5.93. The lowest BCUT2D eigenvalue weighted by atomic mass is 10.2. The van der Waals surface area contributed by atoms with Crippen molar-refractivity contribution in [2.75, 3.05) is 0 Å². The normalized spacial score (nSPS) is 11.3. The Labute approximate surface area is 156 Å². The minimum atomic E-state index is 0.739. The van der Waals surface area contributed by atoms with Crippen molar-refractivity contribution >= 4 is 29.6 Å². The summed E-state index contributed by atoms with van der Waals surface area (Å²) in [6, 6.07) is 11.7. The molecular formula is C18H18ClN5S. The van der Waals surface area contributed by atoms with Crippen molar-refractivity contribution in [3.8, 4) is 0 Å². The van der Waals surface area contributed by atoms with Crippen LogP contribution in [0.1, 0.15) is 30.3 Å². The molecule has 2 aromatic heterocycles. The fourth-order valence-corrected chi connectivity index (χ4v) is 3.17. The van der Waals surface area contributed by atoms with E-state index in [0.29, 0.717) is 0 Å². The molecule has 0 aliphatic heterocycles. The van der Waals surface area contributed by atoms with Gasteiger partial charge in [0.15, 0.2) is 5.82 Å². The zero-order chi connectivity index (χ0) is 17.5. The summed E-state index contributed by atoms with van der Waals surface area (Å²) in [7, 11) is 0. The van der Waals surface area contributed by atoms with Gasteiger partial charge in [0.05, 0.1) is 6.21 Å². The van der Waals surface area contributed by atoms with Crippen molar-refractivity contribution in [2.45, 2.75) is 30.7 Å². The molecule has 0 spiro atoms. The predicted octanol–water partition coefficient (Wildman–Crippen LogP) is 4.45. The molecule has 0 unspecified atom stereocenters. The maximum Gasteiger partial charge on any atom is 0.212 e.